The Morgan fingerprint density at radius 3 is 1.40 bits per heavy atom. The normalized spacial score (nSPS) is 23.7. The first-order valence-corrected chi connectivity index (χ1v) is 15.5. The lowest BCUT2D eigenvalue weighted by Gasteiger charge is -2.57. The van der Waals surface area contributed by atoms with Gasteiger partial charge in [0.05, 0.1) is 0 Å². The van der Waals surface area contributed by atoms with E-state index < -0.39 is 0 Å². The maximum atomic E-state index is 6.91. The summed E-state index contributed by atoms with van der Waals surface area (Å²) in [5, 5.41) is 0. The van der Waals surface area contributed by atoms with Crippen LogP contribution in [0.1, 0.15) is 60.8 Å². The zero-order valence-corrected chi connectivity index (χ0v) is 25.3. The predicted octanol–water partition coefficient (Wildman–Crippen LogP) is 9.20. The van der Waals surface area contributed by atoms with Crippen LogP contribution in [-0.2, 0) is 5.41 Å². The second-order valence-corrected chi connectivity index (χ2v) is 13.3. The standard InChI is InChI=1S/C37H41N3O3/c1-21-12-27(4-8-31(21)38)41-34-11-7-30(37-18-24-15-25(19-37)17-26(16-24)20-37)35(42-28-5-9-32(39)22(2)13-28)36(34)43-29-6-10-33(40)23(3)14-29/h4-14,24-26H,15-20,38-40H2,1-3H3. The molecule has 0 heterocycles. The minimum absolute atomic E-state index is 0.0540. The fraction of sp³-hybridized carbons (Fsp3) is 0.351. The highest BCUT2D eigenvalue weighted by molar-refractivity contribution is 5.63. The average molecular weight is 576 g/mol. The van der Waals surface area contributed by atoms with E-state index in [2.05, 4.69) is 12.1 Å². The van der Waals surface area contributed by atoms with Crippen molar-refractivity contribution in [3.8, 4) is 34.5 Å². The van der Waals surface area contributed by atoms with Gasteiger partial charge in [-0.05, 0) is 160 Å². The molecule has 4 aliphatic rings. The molecular formula is C37H41N3O3. The third kappa shape index (κ3) is 5.13. The largest absolute Gasteiger partial charge is 0.453 e. The van der Waals surface area contributed by atoms with Crippen molar-refractivity contribution in [2.45, 2.75) is 64.7 Å². The highest BCUT2D eigenvalue weighted by Crippen LogP contribution is 2.63. The summed E-state index contributed by atoms with van der Waals surface area (Å²) in [5.41, 5.74) is 24.8. The Morgan fingerprint density at radius 1 is 0.535 bits per heavy atom. The van der Waals surface area contributed by atoms with Crippen molar-refractivity contribution in [2.75, 3.05) is 17.2 Å². The zero-order chi connectivity index (χ0) is 29.9. The molecule has 0 spiro atoms. The third-order valence-corrected chi connectivity index (χ3v) is 10.1. The summed E-state index contributed by atoms with van der Waals surface area (Å²) >= 11 is 0. The van der Waals surface area contributed by atoms with Crippen LogP contribution in [0.15, 0.2) is 66.7 Å². The third-order valence-electron chi connectivity index (χ3n) is 10.1. The van der Waals surface area contributed by atoms with Crippen LogP contribution >= 0.6 is 0 Å². The van der Waals surface area contributed by atoms with Crippen molar-refractivity contribution in [1.29, 1.82) is 0 Å². The van der Waals surface area contributed by atoms with Gasteiger partial charge in [-0.1, -0.05) is 6.07 Å². The molecule has 6 nitrogen and oxygen atoms in total. The van der Waals surface area contributed by atoms with E-state index in [1.54, 1.807) is 0 Å². The van der Waals surface area contributed by atoms with E-state index in [1.807, 2.05) is 75.4 Å². The molecule has 4 aromatic rings. The first-order valence-electron chi connectivity index (χ1n) is 15.5. The van der Waals surface area contributed by atoms with Crippen LogP contribution in [0.3, 0.4) is 0 Å². The van der Waals surface area contributed by atoms with Gasteiger partial charge in [-0.2, -0.15) is 0 Å². The molecule has 0 aromatic heterocycles. The molecule has 4 saturated carbocycles. The minimum atomic E-state index is 0.0540. The lowest BCUT2D eigenvalue weighted by Crippen LogP contribution is -2.48. The van der Waals surface area contributed by atoms with E-state index in [0.717, 1.165) is 57.3 Å². The number of nitrogens with two attached hydrogens (primary N) is 3. The molecule has 4 bridgehead atoms. The van der Waals surface area contributed by atoms with Gasteiger partial charge in [-0.15, -0.1) is 0 Å². The number of anilines is 3. The number of hydrogen-bond acceptors (Lipinski definition) is 6. The predicted molar refractivity (Wildman–Crippen MR) is 173 cm³/mol. The first-order chi connectivity index (χ1) is 20.7. The maximum Gasteiger partial charge on any atom is 0.212 e. The minimum Gasteiger partial charge on any atom is -0.453 e. The van der Waals surface area contributed by atoms with Crippen LogP contribution in [0.5, 0.6) is 34.5 Å². The van der Waals surface area contributed by atoms with Crippen molar-refractivity contribution < 1.29 is 14.2 Å². The summed E-state index contributed by atoms with van der Waals surface area (Å²) in [7, 11) is 0. The van der Waals surface area contributed by atoms with E-state index in [9.17, 15) is 0 Å². The van der Waals surface area contributed by atoms with Gasteiger partial charge in [-0.25, -0.2) is 0 Å². The van der Waals surface area contributed by atoms with Crippen molar-refractivity contribution in [3.05, 3.63) is 89.0 Å². The van der Waals surface area contributed by atoms with Gasteiger partial charge in [0.15, 0.2) is 11.5 Å². The quantitative estimate of drug-likeness (QED) is 0.190. The van der Waals surface area contributed by atoms with E-state index in [0.29, 0.717) is 28.7 Å². The Morgan fingerprint density at radius 2 is 0.953 bits per heavy atom. The number of hydrogen-bond donors (Lipinski definition) is 3. The van der Waals surface area contributed by atoms with Crippen LogP contribution in [-0.4, -0.2) is 0 Å². The number of ether oxygens (including phenoxy) is 3. The van der Waals surface area contributed by atoms with Crippen LogP contribution < -0.4 is 31.4 Å². The molecule has 4 aliphatic carbocycles. The molecule has 0 amide bonds. The van der Waals surface area contributed by atoms with Crippen LogP contribution in [0.2, 0.25) is 0 Å². The summed E-state index contributed by atoms with van der Waals surface area (Å²) in [6.45, 7) is 5.96. The number of rotatable bonds is 7. The smallest absolute Gasteiger partial charge is 0.212 e. The molecular weight excluding hydrogens is 534 g/mol. The van der Waals surface area contributed by atoms with E-state index in [-0.39, 0.29) is 5.41 Å². The summed E-state index contributed by atoms with van der Waals surface area (Å²) in [6, 6.07) is 21.5. The number of benzene rings is 4. The highest BCUT2D eigenvalue weighted by atomic mass is 16.5. The van der Waals surface area contributed by atoms with Crippen molar-refractivity contribution >= 4 is 17.1 Å². The molecule has 0 aliphatic heterocycles. The lowest BCUT2D eigenvalue weighted by atomic mass is 9.48. The van der Waals surface area contributed by atoms with Gasteiger partial charge in [0, 0.05) is 22.6 Å². The zero-order valence-electron chi connectivity index (χ0n) is 25.3. The highest BCUT2D eigenvalue weighted by Gasteiger charge is 2.53. The molecule has 6 heteroatoms. The molecule has 0 saturated heterocycles. The van der Waals surface area contributed by atoms with Gasteiger partial charge < -0.3 is 31.4 Å². The summed E-state index contributed by atoms with van der Waals surface area (Å²) in [4.78, 5) is 0. The molecule has 4 aromatic carbocycles. The fourth-order valence-electron chi connectivity index (χ4n) is 8.18. The van der Waals surface area contributed by atoms with Crippen LogP contribution in [0.25, 0.3) is 0 Å². The summed E-state index contributed by atoms with van der Waals surface area (Å²) < 4.78 is 20.2. The Hall–Kier alpha value is -4.32. The molecule has 0 radical (unpaired) electrons. The van der Waals surface area contributed by atoms with E-state index >= 15 is 0 Å². The second kappa shape index (κ2) is 10.4. The van der Waals surface area contributed by atoms with Gasteiger partial charge in [0.25, 0.3) is 0 Å². The SMILES string of the molecule is Cc1cc(Oc2ccc(C34CC5CC(CC(C5)C3)C4)c(Oc3ccc(N)c(C)c3)c2Oc2ccc(N)c(C)c2)ccc1N. The average Bonchev–Trinajstić information content (AvgIpc) is 2.95. The van der Waals surface area contributed by atoms with Crippen molar-refractivity contribution in [1.82, 2.24) is 0 Å². The molecule has 4 fully saturated rings. The molecule has 6 N–H and O–H groups in total. The molecule has 222 valence electrons. The summed E-state index contributed by atoms with van der Waals surface area (Å²) in [6.07, 6.45) is 7.64. The topological polar surface area (TPSA) is 106 Å². The summed E-state index contributed by atoms with van der Waals surface area (Å²) in [5.74, 6) is 6.24. The van der Waals surface area contributed by atoms with Gasteiger partial charge in [0.2, 0.25) is 5.75 Å². The Balaban J connectivity index is 1.41. The lowest BCUT2D eigenvalue weighted by molar-refractivity contribution is -0.00610. The molecule has 0 atom stereocenters. The number of nitrogen functional groups attached to an aromatic ring is 3. The van der Waals surface area contributed by atoms with Gasteiger partial charge in [-0.3, -0.25) is 0 Å². The van der Waals surface area contributed by atoms with E-state index in [1.165, 1.54) is 44.1 Å². The van der Waals surface area contributed by atoms with Crippen LogP contribution in [0.4, 0.5) is 17.1 Å². The van der Waals surface area contributed by atoms with Crippen LogP contribution in [0, 0.1) is 38.5 Å². The maximum absolute atomic E-state index is 6.91. The van der Waals surface area contributed by atoms with Gasteiger partial charge >= 0.3 is 0 Å². The second-order valence-electron chi connectivity index (χ2n) is 13.3. The first kappa shape index (κ1) is 27.5. The monoisotopic (exact) mass is 575 g/mol. The molecule has 0 unspecified atom stereocenters. The van der Waals surface area contributed by atoms with Crippen molar-refractivity contribution in [3.63, 3.8) is 0 Å². The fourth-order valence-corrected chi connectivity index (χ4v) is 8.18. The van der Waals surface area contributed by atoms with E-state index in [4.69, 9.17) is 31.4 Å². The molecule has 43 heavy (non-hydrogen) atoms. The Bertz CT molecular complexity index is 1680. The number of aryl methyl sites for hydroxylation is 3. The van der Waals surface area contributed by atoms with Crippen molar-refractivity contribution in [2.24, 2.45) is 17.8 Å². The Labute approximate surface area is 254 Å². The van der Waals surface area contributed by atoms with Gasteiger partial charge in [0.1, 0.15) is 17.2 Å². The molecule has 8 rings (SSSR count). The Kier molecular flexibility index (Phi) is 6.68.